The van der Waals surface area contributed by atoms with Gasteiger partial charge in [-0.1, -0.05) is 6.07 Å². The van der Waals surface area contributed by atoms with E-state index < -0.39 is 4.92 Å². The molecule has 1 amide bonds. The maximum absolute atomic E-state index is 12.4. The van der Waals surface area contributed by atoms with Crippen LogP contribution in [0.5, 0.6) is 5.75 Å². The van der Waals surface area contributed by atoms with Crippen molar-refractivity contribution >= 4 is 40.3 Å². The number of rotatable bonds is 3. The average molecular weight is 355 g/mol. The second-order valence-corrected chi connectivity index (χ2v) is 6.25. The molecule has 7 nitrogen and oxygen atoms in total. The Hall–Kier alpha value is -3.13. The van der Waals surface area contributed by atoms with Crippen LogP contribution in [0.15, 0.2) is 58.4 Å². The molecule has 1 saturated heterocycles. The SMILES string of the molecule is CN1C(=O)/C(=C/c2ccc([N+](=O)[O-])cc2)SC1=Nc1cccc(O)c1. The van der Waals surface area contributed by atoms with Crippen LogP contribution < -0.4 is 0 Å². The molecular formula is C17H13N3O4S. The largest absolute Gasteiger partial charge is 0.508 e. The Kier molecular flexibility index (Phi) is 4.53. The number of aromatic hydroxyl groups is 1. The molecule has 0 spiro atoms. The Balaban J connectivity index is 1.86. The van der Waals surface area contributed by atoms with E-state index in [1.54, 1.807) is 43.5 Å². The number of carbonyl (C=O) groups is 1. The minimum Gasteiger partial charge on any atom is -0.508 e. The first-order chi connectivity index (χ1) is 11.9. The number of benzene rings is 2. The number of aliphatic imine (C=N–C) groups is 1. The van der Waals surface area contributed by atoms with E-state index in [-0.39, 0.29) is 17.3 Å². The fraction of sp³-hybridized carbons (Fsp3) is 0.0588. The second kappa shape index (κ2) is 6.78. The van der Waals surface area contributed by atoms with Gasteiger partial charge in [0.1, 0.15) is 5.75 Å². The van der Waals surface area contributed by atoms with E-state index in [2.05, 4.69) is 4.99 Å². The van der Waals surface area contributed by atoms with Gasteiger partial charge in [0, 0.05) is 25.2 Å². The van der Waals surface area contributed by atoms with E-state index in [0.717, 1.165) is 0 Å². The molecule has 0 aromatic heterocycles. The summed E-state index contributed by atoms with van der Waals surface area (Å²) >= 11 is 1.20. The summed E-state index contributed by atoms with van der Waals surface area (Å²) in [6.45, 7) is 0. The Morgan fingerprint density at radius 2 is 1.96 bits per heavy atom. The number of thioether (sulfide) groups is 1. The normalized spacial score (nSPS) is 17.5. The second-order valence-electron chi connectivity index (χ2n) is 5.24. The predicted octanol–water partition coefficient (Wildman–Crippen LogP) is 3.53. The van der Waals surface area contributed by atoms with E-state index in [1.165, 1.54) is 34.9 Å². The van der Waals surface area contributed by atoms with Gasteiger partial charge in [-0.3, -0.25) is 19.8 Å². The number of non-ortho nitro benzene ring substituents is 1. The van der Waals surface area contributed by atoms with Crippen LogP contribution >= 0.6 is 11.8 Å². The van der Waals surface area contributed by atoms with Gasteiger partial charge in [-0.05, 0) is 47.7 Å². The molecule has 1 fully saturated rings. The van der Waals surface area contributed by atoms with Crippen LogP contribution in [0, 0.1) is 10.1 Å². The number of hydrogen-bond acceptors (Lipinski definition) is 6. The molecule has 0 radical (unpaired) electrons. The van der Waals surface area contributed by atoms with Crippen LogP contribution in [-0.2, 0) is 4.79 Å². The third-order valence-corrected chi connectivity index (χ3v) is 4.52. The van der Waals surface area contributed by atoms with Crippen molar-refractivity contribution < 1.29 is 14.8 Å². The molecule has 3 rings (SSSR count). The van der Waals surface area contributed by atoms with E-state index in [9.17, 15) is 20.0 Å². The molecule has 1 heterocycles. The fourth-order valence-corrected chi connectivity index (χ4v) is 3.16. The van der Waals surface area contributed by atoms with Gasteiger partial charge >= 0.3 is 0 Å². The quantitative estimate of drug-likeness (QED) is 0.516. The molecule has 0 unspecified atom stereocenters. The van der Waals surface area contributed by atoms with Gasteiger partial charge in [0.15, 0.2) is 5.17 Å². The number of amidine groups is 1. The highest BCUT2D eigenvalue weighted by molar-refractivity contribution is 8.18. The fourth-order valence-electron chi connectivity index (χ4n) is 2.17. The zero-order valence-corrected chi connectivity index (χ0v) is 13.9. The third-order valence-electron chi connectivity index (χ3n) is 3.46. The minimum atomic E-state index is -0.472. The van der Waals surface area contributed by atoms with E-state index in [0.29, 0.717) is 21.3 Å². The van der Waals surface area contributed by atoms with E-state index in [4.69, 9.17) is 0 Å². The summed E-state index contributed by atoms with van der Waals surface area (Å²) in [5.74, 6) is -0.109. The Morgan fingerprint density at radius 3 is 2.60 bits per heavy atom. The van der Waals surface area contributed by atoms with Crippen molar-refractivity contribution in [3.63, 3.8) is 0 Å². The van der Waals surface area contributed by atoms with Crippen molar-refractivity contribution in [2.24, 2.45) is 4.99 Å². The van der Waals surface area contributed by atoms with Gasteiger partial charge in [-0.2, -0.15) is 0 Å². The van der Waals surface area contributed by atoms with Gasteiger partial charge in [0.25, 0.3) is 11.6 Å². The molecule has 8 heteroatoms. The smallest absolute Gasteiger partial charge is 0.269 e. The molecule has 25 heavy (non-hydrogen) atoms. The number of amides is 1. The first kappa shape index (κ1) is 16.7. The molecule has 0 bridgehead atoms. The Labute approximate surface area is 147 Å². The van der Waals surface area contributed by atoms with Crippen molar-refractivity contribution in [2.75, 3.05) is 7.05 Å². The summed E-state index contributed by atoms with van der Waals surface area (Å²) in [7, 11) is 1.62. The highest BCUT2D eigenvalue weighted by atomic mass is 32.2. The monoisotopic (exact) mass is 355 g/mol. The van der Waals surface area contributed by atoms with Crippen molar-refractivity contribution in [3.05, 3.63) is 69.1 Å². The van der Waals surface area contributed by atoms with Crippen LogP contribution in [-0.4, -0.2) is 33.1 Å². The molecule has 0 aliphatic carbocycles. The lowest BCUT2D eigenvalue weighted by Crippen LogP contribution is -2.23. The molecule has 1 aliphatic rings. The van der Waals surface area contributed by atoms with Crippen LogP contribution in [0.1, 0.15) is 5.56 Å². The lowest BCUT2D eigenvalue weighted by atomic mass is 10.2. The minimum absolute atomic E-state index is 0.00388. The average Bonchev–Trinajstić information content (AvgIpc) is 2.83. The highest BCUT2D eigenvalue weighted by Crippen LogP contribution is 2.33. The van der Waals surface area contributed by atoms with Gasteiger partial charge in [-0.25, -0.2) is 4.99 Å². The number of hydrogen-bond donors (Lipinski definition) is 1. The van der Waals surface area contributed by atoms with Crippen molar-refractivity contribution in [1.82, 2.24) is 4.90 Å². The van der Waals surface area contributed by atoms with Gasteiger partial charge < -0.3 is 5.11 Å². The number of phenols is 1. The van der Waals surface area contributed by atoms with Gasteiger partial charge in [-0.15, -0.1) is 0 Å². The maximum Gasteiger partial charge on any atom is 0.269 e. The molecule has 126 valence electrons. The van der Waals surface area contributed by atoms with Crippen molar-refractivity contribution in [2.45, 2.75) is 0 Å². The standard InChI is InChI=1S/C17H13N3O4S/c1-19-16(22)15(9-11-5-7-13(8-6-11)20(23)24)25-17(19)18-12-3-2-4-14(21)10-12/h2-10,21H,1H3/b15-9-,18-17?. The van der Waals surface area contributed by atoms with Crippen LogP contribution in [0.25, 0.3) is 6.08 Å². The first-order valence-corrected chi connectivity index (χ1v) is 8.05. The summed E-state index contributed by atoms with van der Waals surface area (Å²) in [6.07, 6.45) is 1.66. The Bertz CT molecular complexity index is 906. The van der Waals surface area contributed by atoms with Gasteiger partial charge in [0.05, 0.1) is 15.5 Å². The predicted molar refractivity (Wildman–Crippen MR) is 96.6 cm³/mol. The summed E-state index contributed by atoms with van der Waals surface area (Å²) in [5.41, 5.74) is 1.22. The summed E-state index contributed by atoms with van der Waals surface area (Å²) in [4.78, 5) is 28.8. The first-order valence-electron chi connectivity index (χ1n) is 7.24. The number of nitro groups is 1. The molecular weight excluding hydrogens is 342 g/mol. The molecule has 0 saturated carbocycles. The summed E-state index contributed by atoms with van der Waals surface area (Å²) < 4.78 is 0. The number of phenolic OH excluding ortho intramolecular Hbond substituents is 1. The molecule has 1 aliphatic heterocycles. The summed E-state index contributed by atoms with van der Waals surface area (Å²) in [6, 6.07) is 12.4. The molecule has 1 N–H and O–H groups in total. The zero-order valence-electron chi connectivity index (χ0n) is 13.1. The molecule has 0 atom stereocenters. The third kappa shape index (κ3) is 3.69. The lowest BCUT2D eigenvalue weighted by molar-refractivity contribution is -0.384. The van der Waals surface area contributed by atoms with Crippen LogP contribution in [0.3, 0.4) is 0 Å². The number of nitro benzene ring substituents is 1. The van der Waals surface area contributed by atoms with Crippen molar-refractivity contribution in [3.8, 4) is 5.75 Å². The number of nitrogens with zero attached hydrogens (tertiary/aromatic N) is 3. The topological polar surface area (TPSA) is 96.0 Å². The number of likely N-dealkylation sites (N-methyl/N-ethyl adjacent to an activating group) is 1. The highest BCUT2D eigenvalue weighted by Gasteiger charge is 2.30. The van der Waals surface area contributed by atoms with Crippen molar-refractivity contribution in [1.29, 1.82) is 0 Å². The Morgan fingerprint density at radius 1 is 1.24 bits per heavy atom. The lowest BCUT2D eigenvalue weighted by Gasteiger charge is -2.07. The van der Waals surface area contributed by atoms with E-state index >= 15 is 0 Å². The van der Waals surface area contributed by atoms with E-state index in [1.807, 2.05) is 0 Å². The molecule has 2 aromatic rings. The van der Waals surface area contributed by atoms with Crippen LogP contribution in [0.4, 0.5) is 11.4 Å². The maximum atomic E-state index is 12.4. The van der Waals surface area contributed by atoms with Crippen LogP contribution in [0.2, 0.25) is 0 Å². The number of carbonyl (C=O) groups excluding carboxylic acids is 1. The zero-order chi connectivity index (χ0) is 18.0. The van der Waals surface area contributed by atoms with Gasteiger partial charge in [0.2, 0.25) is 0 Å². The summed E-state index contributed by atoms with van der Waals surface area (Å²) in [5, 5.41) is 20.7. The molecule has 2 aromatic carbocycles.